The van der Waals surface area contributed by atoms with Crippen LogP contribution >= 0.6 is 11.6 Å². The average Bonchev–Trinajstić information content (AvgIpc) is 2.54. The number of fused-ring (bicyclic) bond motifs is 1. The molecular formula is C15H15ClN2O3S. The van der Waals surface area contributed by atoms with Crippen LogP contribution in [0.25, 0.3) is 0 Å². The van der Waals surface area contributed by atoms with Gasteiger partial charge in [-0.3, -0.25) is 0 Å². The Morgan fingerprint density at radius 3 is 2.45 bits per heavy atom. The molecule has 0 atom stereocenters. The highest BCUT2D eigenvalue weighted by atomic mass is 35.5. The first-order valence-corrected chi connectivity index (χ1v) is 8.83. The lowest BCUT2D eigenvalue weighted by molar-refractivity contribution is 0.414. The molecule has 0 N–H and O–H groups in total. The second kappa shape index (κ2) is 5.85. The third kappa shape index (κ3) is 2.68. The maximum atomic E-state index is 12.9. The first-order valence-electron chi connectivity index (χ1n) is 6.97. The maximum Gasteiger partial charge on any atom is 0.224 e. The van der Waals surface area contributed by atoms with Gasteiger partial charge in [-0.15, -0.1) is 0 Å². The highest BCUT2D eigenvalue weighted by Crippen LogP contribution is 2.30. The number of halogens is 1. The number of rotatable bonds is 3. The van der Waals surface area contributed by atoms with Gasteiger partial charge < -0.3 is 4.74 Å². The van der Waals surface area contributed by atoms with Crippen LogP contribution in [0.3, 0.4) is 0 Å². The SMILES string of the molecule is COc1ccc(S(=O)(=O)c2nc(Cl)nc3c2CCCC3)cc1. The topological polar surface area (TPSA) is 69.2 Å². The summed E-state index contributed by atoms with van der Waals surface area (Å²) in [6.07, 6.45) is 3.32. The van der Waals surface area contributed by atoms with Crippen molar-refractivity contribution in [2.24, 2.45) is 0 Å². The number of sulfone groups is 1. The van der Waals surface area contributed by atoms with Crippen LogP contribution in [0.4, 0.5) is 0 Å². The summed E-state index contributed by atoms with van der Waals surface area (Å²) in [5.74, 6) is 0.599. The summed E-state index contributed by atoms with van der Waals surface area (Å²) in [4.78, 5) is 8.37. The molecular weight excluding hydrogens is 324 g/mol. The van der Waals surface area contributed by atoms with Gasteiger partial charge in [0, 0.05) is 11.3 Å². The maximum absolute atomic E-state index is 12.9. The number of benzene rings is 1. The molecule has 1 heterocycles. The van der Waals surface area contributed by atoms with Crippen LogP contribution in [0.15, 0.2) is 34.2 Å². The predicted octanol–water partition coefficient (Wildman–Crippen LogP) is 2.85. The molecule has 0 saturated carbocycles. The molecule has 7 heteroatoms. The monoisotopic (exact) mass is 338 g/mol. The van der Waals surface area contributed by atoms with Gasteiger partial charge in [-0.1, -0.05) is 0 Å². The molecule has 0 unspecified atom stereocenters. The van der Waals surface area contributed by atoms with Gasteiger partial charge >= 0.3 is 0 Å². The Morgan fingerprint density at radius 1 is 1.09 bits per heavy atom. The largest absolute Gasteiger partial charge is 0.497 e. The number of aromatic nitrogens is 2. The third-order valence-electron chi connectivity index (χ3n) is 3.74. The van der Waals surface area contributed by atoms with E-state index in [9.17, 15) is 8.42 Å². The lowest BCUT2D eigenvalue weighted by Crippen LogP contribution is -2.15. The summed E-state index contributed by atoms with van der Waals surface area (Å²) in [6, 6.07) is 6.25. The minimum Gasteiger partial charge on any atom is -0.497 e. The summed E-state index contributed by atoms with van der Waals surface area (Å²) in [5.41, 5.74) is 1.45. The minimum absolute atomic E-state index is 0.0206. The molecule has 0 aliphatic heterocycles. The van der Waals surface area contributed by atoms with Crippen LogP contribution in [-0.4, -0.2) is 25.5 Å². The van der Waals surface area contributed by atoms with Crippen molar-refractivity contribution in [2.45, 2.75) is 35.6 Å². The lowest BCUT2D eigenvalue weighted by Gasteiger charge is -2.18. The Labute approximate surface area is 134 Å². The number of hydrogen-bond acceptors (Lipinski definition) is 5. The van der Waals surface area contributed by atoms with Crippen LogP contribution in [-0.2, 0) is 22.7 Å². The molecule has 1 aromatic carbocycles. The summed E-state index contributed by atoms with van der Waals surface area (Å²) >= 11 is 5.92. The zero-order valence-electron chi connectivity index (χ0n) is 12.0. The first-order chi connectivity index (χ1) is 10.5. The number of aryl methyl sites for hydroxylation is 1. The molecule has 3 rings (SSSR count). The molecule has 0 amide bonds. The van der Waals surface area contributed by atoms with Gasteiger partial charge in [-0.05, 0) is 61.5 Å². The van der Waals surface area contributed by atoms with Gasteiger partial charge in [-0.25, -0.2) is 18.4 Å². The Balaban J connectivity index is 2.14. The van der Waals surface area contributed by atoms with E-state index < -0.39 is 9.84 Å². The zero-order valence-corrected chi connectivity index (χ0v) is 13.6. The zero-order chi connectivity index (χ0) is 15.7. The molecule has 0 saturated heterocycles. The number of methoxy groups -OCH3 is 1. The molecule has 1 aromatic heterocycles. The molecule has 5 nitrogen and oxygen atoms in total. The van der Waals surface area contributed by atoms with Crippen molar-refractivity contribution in [2.75, 3.05) is 7.11 Å². The van der Waals surface area contributed by atoms with Crippen LogP contribution < -0.4 is 4.74 Å². The molecule has 22 heavy (non-hydrogen) atoms. The van der Waals surface area contributed by atoms with Gasteiger partial charge in [0.15, 0.2) is 5.03 Å². The second-order valence-corrected chi connectivity index (χ2v) is 7.31. The smallest absolute Gasteiger partial charge is 0.224 e. The van der Waals surface area contributed by atoms with Crippen LogP contribution in [0.2, 0.25) is 5.28 Å². The third-order valence-corrected chi connectivity index (χ3v) is 5.65. The van der Waals surface area contributed by atoms with Crippen molar-refractivity contribution in [3.8, 4) is 5.75 Å². The van der Waals surface area contributed by atoms with Gasteiger partial charge in [-0.2, -0.15) is 0 Å². The molecule has 0 fully saturated rings. The van der Waals surface area contributed by atoms with E-state index in [0.717, 1.165) is 25.0 Å². The second-order valence-electron chi connectivity index (χ2n) is 5.11. The van der Waals surface area contributed by atoms with Gasteiger partial charge in [0.25, 0.3) is 0 Å². The lowest BCUT2D eigenvalue weighted by atomic mass is 9.98. The van der Waals surface area contributed by atoms with Crippen molar-refractivity contribution in [1.82, 2.24) is 9.97 Å². The average molecular weight is 339 g/mol. The van der Waals surface area contributed by atoms with Crippen molar-refractivity contribution in [1.29, 1.82) is 0 Å². The summed E-state index contributed by atoms with van der Waals surface area (Å²) in [6.45, 7) is 0. The number of hydrogen-bond donors (Lipinski definition) is 0. The highest BCUT2D eigenvalue weighted by molar-refractivity contribution is 7.91. The molecule has 1 aliphatic rings. The van der Waals surface area contributed by atoms with E-state index in [1.165, 1.54) is 19.2 Å². The fourth-order valence-corrected chi connectivity index (χ4v) is 4.32. The highest BCUT2D eigenvalue weighted by Gasteiger charge is 2.27. The standard InChI is InChI=1S/C15H15ClN2O3S/c1-21-10-6-8-11(9-7-10)22(19,20)14-12-4-2-3-5-13(12)17-15(16)18-14/h6-9H,2-5H2,1H3. The van der Waals surface area contributed by atoms with Crippen LogP contribution in [0, 0.1) is 0 Å². The Hall–Kier alpha value is -1.66. The number of ether oxygens (including phenoxy) is 1. The fraction of sp³-hybridized carbons (Fsp3) is 0.333. The van der Waals surface area contributed by atoms with E-state index >= 15 is 0 Å². The van der Waals surface area contributed by atoms with Gasteiger partial charge in [0.1, 0.15) is 5.75 Å². The molecule has 0 radical (unpaired) electrons. The summed E-state index contributed by atoms with van der Waals surface area (Å²) in [5, 5.41) is 0.0140. The summed E-state index contributed by atoms with van der Waals surface area (Å²) < 4.78 is 30.8. The molecule has 0 spiro atoms. The van der Waals surface area contributed by atoms with Crippen LogP contribution in [0.1, 0.15) is 24.1 Å². The molecule has 1 aliphatic carbocycles. The molecule has 0 bridgehead atoms. The Morgan fingerprint density at radius 2 is 1.77 bits per heavy atom. The van der Waals surface area contributed by atoms with E-state index in [2.05, 4.69) is 9.97 Å². The van der Waals surface area contributed by atoms with Gasteiger partial charge in [0.05, 0.1) is 12.0 Å². The van der Waals surface area contributed by atoms with E-state index in [-0.39, 0.29) is 15.2 Å². The quantitative estimate of drug-likeness (QED) is 0.635. The van der Waals surface area contributed by atoms with E-state index in [1.54, 1.807) is 12.1 Å². The van der Waals surface area contributed by atoms with Crippen molar-refractivity contribution < 1.29 is 13.2 Å². The predicted molar refractivity (Wildman–Crippen MR) is 82.1 cm³/mol. The first kappa shape index (κ1) is 15.2. The van der Waals surface area contributed by atoms with E-state index in [4.69, 9.17) is 16.3 Å². The van der Waals surface area contributed by atoms with Crippen molar-refractivity contribution in [3.05, 3.63) is 40.8 Å². The Kier molecular flexibility index (Phi) is 4.06. The van der Waals surface area contributed by atoms with Crippen LogP contribution in [0.5, 0.6) is 5.75 Å². The molecule has 116 valence electrons. The summed E-state index contributed by atoms with van der Waals surface area (Å²) in [7, 11) is -2.19. The minimum atomic E-state index is -3.72. The van der Waals surface area contributed by atoms with Gasteiger partial charge in [0.2, 0.25) is 15.1 Å². The fourth-order valence-electron chi connectivity index (χ4n) is 2.62. The molecule has 2 aromatic rings. The van der Waals surface area contributed by atoms with Crippen molar-refractivity contribution >= 4 is 21.4 Å². The van der Waals surface area contributed by atoms with E-state index in [1.807, 2.05) is 0 Å². The normalized spacial score (nSPS) is 14.5. The Bertz CT molecular complexity index is 804. The van der Waals surface area contributed by atoms with E-state index in [0.29, 0.717) is 17.7 Å². The number of nitrogens with zero attached hydrogens (tertiary/aromatic N) is 2. The van der Waals surface area contributed by atoms with Crippen molar-refractivity contribution in [3.63, 3.8) is 0 Å².